The van der Waals surface area contributed by atoms with E-state index >= 15 is 0 Å². The van der Waals surface area contributed by atoms with E-state index in [1.54, 1.807) is 12.1 Å². The number of hydrogen-bond donors (Lipinski definition) is 0. The van der Waals surface area contributed by atoms with Crippen molar-refractivity contribution in [3.63, 3.8) is 0 Å². The van der Waals surface area contributed by atoms with Crippen LogP contribution in [0.15, 0.2) is 48.5 Å². The molecule has 0 N–H and O–H groups in total. The van der Waals surface area contributed by atoms with Crippen molar-refractivity contribution in [2.45, 2.75) is 13.3 Å². The van der Waals surface area contributed by atoms with Crippen molar-refractivity contribution in [1.82, 2.24) is 0 Å². The quantitative estimate of drug-likeness (QED) is 0.546. The number of benzene rings is 2. The fourth-order valence-electron chi connectivity index (χ4n) is 2.26. The van der Waals surface area contributed by atoms with Gasteiger partial charge in [-0.3, -0.25) is 8.61 Å². The summed E-state index contributed by atoms with van der Waals surface area (Å²) in [5.41, 5.74) is 5.10. The molecule has 20 heavy (non-hydrogen) atoms. The normalized spacial score (nSPS) is 13.7. The Morgan fingerprint density at radius 2 is 1.70 bits per heavy atom. The predicted octanol–water partition coefficient (Wildman–Crippen LogP) is 5.30. The highest BCUT2D eigenvalue weighted by atomic mass is 79.9. The fraction of sp³-hybridized carbons (Fsp3) is 0.250. The third-order valence-corrected chi connectivity index (χ3v) is 5.02. The molecular formula is C16H17BrN2S. The summed E-state index contributed by atoms with van der Waals surface area (Å²) in [6, 6.07) is 17.3. The molecule has 0 fully saturated rings. The summed E-state index contributed by atoms with van der Waals surface area (Å²) >= 11 is 5.30. The van der Waals surface area contributed by atoms with Crippen LogP contribution in [0, 0.1) is 6.92 Å². The van der Waals surface area contributed by atoms with E-state index in [9.17, 15) is 0 Å². The van der Waals surface area contributed by atoms with Gasteiger partial charge in [0.1, 0.15) is 0 Å². The zero-order valence-electron chi connectivity index (χ0n) is 11.4. The van der Waals surface area contributed by atoms with Crippen LogP contribution in [0.3, 0.4) is 0 Å². The lowest BCUT2D eigenvalue weighted by Crippen LogP contribution is -2.15. The van der Waals surface area contributed by atoms with E-state index in [2.05, 4.69) is 80.0 Å². The Balaban J connectivity index is 1.92. The van der Waals surface area contributed by atoms with Crippen molar-refractivity contribution in [1.29, 1.82) is 0 Å². The second-order valence-corrected chi connectivity index (χ2v) is 6.61. The molecule has 4 heteroatoms. The molecule has 1 heterocycles. The lowest BCUT2D eigenvalue weighted by Gasteiger charge is -2.19. The minimum atomic E-state index is 1.04. The first-order chi connectivity index (χ1) is 9.79. The number of nitrogens with zero attached hydrogens (tertiary/aromatic N) is 2. The Labute approximate surface area is 133 Å². The maximum Gasteiger partial charge on any atom is 0.0784 e. The van der Waals surface area contributed by atoms with E-state index in [1.165, 1.54) is 22.6 Å². The first kappa shape index (κ1) is 13.8. The topological polar surface area (TPSA) is 6.48 Å². The van der Waals surface area contributed by atoms with Crippen LogP contribution in [0.5, 0.6) is 0 Å². The summed E-state index contributed by atoms with van der Waals surface area (Å²) in [6.45, 7) is 3.17. The van der Waals surface area contributed by atoms with E-state index in [0.29, 0.717) is 0 Å². The van der Waals surface area contributed by atoms with Crippen LogP contribution in [0.2, 0.25) is 0 Å². The van der Waals surface area contributed by atoms with E-state index in [-0.39, 0.29) is 0 Å². The predicted molar refractivity (Wildman–Crippen MR) is 93.1 cm³/mol. The standard InChI is InChI=1S/C16H17BrN2S/c1-13-7-9-14(10-8-13)19-16-6-3-2-5-15(16)18(20-19)12-4-11-17/h2-3,5-10H,4,11-12H2,1H3. The van der Waals surface area contributed by atoms with E-state index in [0.717, 1.165) is 18.3 Å². The van der Waals surface area contributed by atoms with E-state index < -0.39 is 0 Å². The van der Waals surface area contributed by atoms with Gasteiger partial charge in [-0.25, -0.2) is 0 Å². The molecule has 104 valence electrons. The number of halogens is 1. The number of para-hydroxylation sites is 2. The van der Waals surface area contributed by atoms with Gasteiger partial charge in [0, 0.05) is 11.9 Å². The third-order valence-electron chi connectivity index (χ3n) is 3.31. The zero-order valence-corrected chi connectivity index (χ0v) is 13.8. The van der Waals surface area contributed by atoms with Crippen molar-refractivity contribution < 1.29 is 0 Å². The molecule has 0 aliphatic carbocycles. The summed E-state index contributed by atoms with van der Waals surface area (Å²) in [5, 5.41) is 1.04. The van der Waals surface area contributed by atoms with Crippen molar-refractivity contribution in [2.75, 3.05) is 20.5 Å². The van der Waals surface area contributed by atoms with E-state index in [4.69, 9.17) is 0 Å². The van der Waals surface area contributed by atoms with Gasteiger partial charge in [0.05, 0.1) is 29.2 Å². The summed E-state index contributed by atoms with van der Waals surface area (Å²) in [5.74, 6) is 0. The summed E-state index contributed by atoms with van der Waals surface area (Å²) < 4.78 is 4.68. The first-order valence-corrected chi connectivity index (χ1v) is 8.62. The SMILES string of the molecule is Cc1ccc(N2SN(CCCBr)c3ccccc32)cc1. The second kappa shape index (κ2) is 6.10. The maximum absolute atomic E-state index is 3.52. The Kier molecular flexibility index (Phi) is 4.22. The molecule has 0 unspecified atom stereocenters. The zero-order chi connectivity index (χ0) is 13.9. The number of rotatable bonds is 4. The minimum Gasteiger partial charge on any atom is -0.296 e. The van der Waals surface area contributed by atoms with Gasteiger partial charge in [-0.2, -0.15) is 0 Å². The van der Waals surface area contributed by atoms with Crippen molar-refractivity contribution >= 4 is 45.1 Å². The molecule has 0 radical (unpaired) electrons. The van der Waals surface area contributed by atoms with Gasteiger partial charge in [0.25, 0.3) is 0 Å². The van der Waals surface area contributed by atoms with Gasteiger partial charge >= 0.3 is 0 Å². The van der Waals surface area contributed by atoms with Gasteiger partial charge in [-0.05, 0) is 37.6 Å². The Bertz CT molecular complexity index is 585. The summed E-state index contributed by atoms with van der Waals surface area (Å²) in [6.07, 6.45) is 1.14. The Hall–Kier alpha value is -1.13. The number of hydrogen-bond acceptors (Lipinski definition) is 3. The number of anilines is 3. The summed E-state index contributed by atoms with van der Waals surface area (Å²) in [7, 11) is 0. The molecule has 2 aromatic carbocycles. The molecule has 1 aliphatic rings. The number of aryl methyl sites for hydroxylation is 1. The number of fused-ring (bicyclic) bond motifs is 1. The molecule has 3 rings (SSSR count). The van der Waals surface area contributed by atoms with Gasteiger partial charge in [0.15, 0.2) is 0 Å². The van der Waals surface area contributed by atoms with Crippen molar-refractivity contribution in [3.05, 3.63) is 54.1 Å². The Morgan fingerprint density at radius 3 is 2.40 bits per heavy atom. The smallest absolute Gasteiger partial charge is 0.0784 e. The van der Waals surface area contributed by atoms with Crippen LogP contribution in [0.4, 0.5) is 17.1 Å². The monoisotopic (exact) mass is 348 g/mol. The molecule has 0 amide bonds. The Morgan fingerprint density at radius 1 is 1.00 bits per heavy atom. The lowest BCUT2D eigenvalue weighted by atomic mass is 10.2. The molecule has 0 saturated heterocycles. The highest BCUT2D eigenvalue weighted by molar-refractivity contribution is 9.09. The van der Waals surface area contributed by atoms with Gasteiger partial charge in [-0.1, -0.05) is 45.8 Å². The van der Waals surface area contributed by atoms with Crippen LogP contribution in [0.25, 0.3) is 0 Å². The molecule has 0 bridgehead atoms. The average molecular weight is 349 g/mol. The molecular weight excluding hydrogens is 332 g/mol. The minimum absolute atomic E-state index is 1.04. The lowest BCUT2D eigenvalue weighted by molar-refractivity contribution is 0.952. The van der Waals surface area contributed by atoms with Crippen molar-refractivity contribution in [3.8, 4) is 0 Å². The van der Waals surface area contributed by atoms with Crippen LogP contribution in [-0.4, -0.2) is 11.9 Å². The second-order valence-electron chi connectivity index (χ2n) is 4.84. The molecule has 0 atom stereocenters. The van der Waals surface area contributed by atoms with Gasteiger partial charge in [0.2, 0.25) is 0 Å². The molecule has 2 aromatic rings. The van der Waals surface area contributed by atoms with E-state index in [1.807, 2.05) is 0 Å². The first-order valence-electron chi connectivity index (χ1n) is 6.77. The summed E-state index contributed by atoms with van der Waals surface area (Å²) in [4.78, 5) is 0. The largest absolute Gasteiger partial charge is 0.296 e. The average Bonchev–Trinajstić information content (AvgIpc) is 2.85. The van der Waals surface area contributed by atoms with Crippen molar-refractivity contribution in [2.24, 2.45) is 0 Å². The molecule has 0 saturated carbocycles. The van der Waals surface area contributed by atoms with Gasteiger partial charge in [-0.15, -0.1) is 0 Å². The van der Waals surface area contributed by atoms with Crippen LogP contribution in [0.1, 0.15) is 12.0 Å². The van der Waals surface area contributed by atoms with Crippen LogP contribution < -0.4 is 8.61 Å². The molecule has 0 aromatic heterocycles. The van der Waals surface area contributed by atoms with Crippen LogP contribution in [-0.2, 0) is 0 Å². The molecule has 1 aliphatic heterocycles. The maximum atomic E-state index is 3.52. The van der Waals surface area contributed by atoms with Crippen LogP contribution >= 0.6 is 28.1 Å². The highest BCUT2D eigenvalue weighted by Crippen LogP contribution is 2.48. The molecule has 0 spiro atoms. The number of alkyl halides is 1. The fourth-order valence-corrected chi connectivity index (χ4v) is 3.62. The highest BCUT2D eigenvalue weighted by Gasteiger charge is 2.27. The third kappa shape index (κ3) is 2.67. The molecule has 2 nitrogen and oxygen atoms in total. The van der Waals surface area contributed by atoms with Gasteiger partial charge < -0.3 is 0 Å².